The first-order chi connectivity index (χ1) is 13.2. The molecule has 1 aliphatic rings. The third-order valence-electron chi connectivity index (χ3n) is 5.58. The molecular weight excluding hydrogens is 338 g/mol. The fraction of sp³-hybridized carbons (Fsp3) is 0.364. The van der Waals surface area contributed by atoms with Gasteiger partial charge in [0.1, 0.15) is 5.65 Å². The van der Waals surface area contributed by atoms with Crippen molar-refractivity contribution in [2.75, 3.05) is 27.2 Å². The van der Waals surface area contributed by atoms with Crippen molar-refractivity contribution >= 4 is 17.0 Å². The van der Waals surface area contributed by atoms with Crippen molar-refractivity contribution in [1.29, 1.82) is 0 Å². The Morgan fingerprint density at radius 3 is 2.59 bits per heavy atom. The third kappa shape index (κ3) is 3.60. The van der Waals surface area contributed by atoms with Gasteiger partial charge in [-0.05, 0) is 74.3 Å². The fourth-order valence-electron chi connectivity index (χ4n) is 3.98. The fourth-order valence-corrected chi connectivity index (χ4v) is 3.98. The summed E-state index contributed by atoms with van der Waals surface area (Å²) in [6, 6.07) is 11.9. The van der Waals surface area contributed by atoms with Gasteiger partial charge in [-0.25, -0.2) is 9.78 Å². The van der Waals surface area contributed by atoms with Gasteiger partial charge < -0.3 is 14.2 Å². The van der Waals surface area contributed by atoms with Crippen molar-refractivity contribution in [2.24, 2.45) is 0 Å². The molecule has 4 rings (SSSR count). The number of benzene rings is 1. The number of likely N-dealkylation sites (tertiary alicyclic amines) is 1. The van der Waals surface area contributed by atoms with Crippen LogP contribution in [0.2, 0.25) is 0 Å². The highest BCUT2D eigenvalue weighted by Gasteiger charge is 2.21. The second-order valence-corrected chi connectivity index (χ2v) is 7.35. The molecule has 1 aliphatic heterocycles. The van der Waals surface area contributed by atoms with Crippen molar-refractivity contribution in [3.05, 3.63) is 65.5 Å². The highest BCUT2D eigenvalue weighted by Crippen LogP contribution is 2.32. The van der Waals surface area contributed by atoms with Gasteiger partial charge in [0.05, 0.1) is 12.7 Å². The normalized spacial score (nSPS) is 15.9. The van der Waals surface area contributed by atoms with E-state index in [2.05, 4.69) is 39.8 Å². The molecule has 1 fully saturated rings. The molecular formula is C22H25N3O2. The topological polar surface area (TPSA) is 47.4 Å². The van der Waals surface area contributed by atoms with E-state index in [0.717, 1.165) is 30.8 Å². The Hall–Kier alpha value is -2.66. The Bertz CT molecular complexity index is 938. The molecule has 0 atom stereocenters. The Morgan fingerprint density at radius 1 is 1.15 bits per heavy atom. The number of carbonyl (C=O) groups excluding carboxylic acids is 1. The van der Waals surface area contributed by atoms with Gasteiger partial charge in [0.15, 0.2) is 0 Å². The number of fused-ring (bicyclic) bond motifs is 1. The number of piperidine rings is 1. The predicted molar refractivity (Wildman–Crippen MR) is 106 cm³/mol. The molecule has 27 heavy (non-hydrogen) atoms. The summed E-state index contributed by atoms with van der Waals surface area (Å²) in [5, 5.41) is 1.26. The quantitative estimate of drug-likeness (QED) is 0.664. The van der Waals surface area contributed by atoms with Gasteiger partial charge in [-0.2, -0.15) is 0 Å². The number of hydrogen-bond acceptors (Lipinski definition) is 4. The minimum absolute atomic E-state index is 0.308. The van der Waals surface area contributed by atoms with E-state index in [1.165, 1.54) is 30.9 Å². The molecule has 5 heteroatoms. The van der Waals surface area contributed by atoms with E-state index in [1.54, 1.807) is 0 Å². The zero-order chi connectivity index (χ0) is 18.8. The number of pyridine rings is 1. The average Bonchev–Trinajstić information content (AvgIpc) is 3.11. The van der Waals surface area contributed by atoms with Crippen LogP contribution in [0.4, 0.5) is 0 Å². The molecule has 5 nitrogen and oxygen atoms in total. The van der Waals surface area contributed by atoms with E-state index < -0.39 is 0 Å². The zero-order valence-corrected chi connectivity index (χ0v) is 15.9. The summed E-state index contributed by atoms with van der Waals surface area (Å²) in [7, 11) is 3.59. The Kier molecular flexibility index (Phi) is 4.94. The van der Waals surface area contributed by atoms with Crippen molar-refractivity contribution in [3.8, 4) is 0 Å². The number of methoxy groups -OCH3 is 1. The summed E-state index contributed by atoms with van der Waals surface area (Å²) < 4.78 is 6.94. The SMILES string of the molecule is COC(=O)c1ccc(Cn2ccc3c(C4CCN(C)CC4)ccnc32)cc1. The van der Waals surface area contributed by atoms with E-state index in [-0.39, 0.29) is 5.97 Å². The van der Waals surface area contributed by atoms with Crippen molar-refractivity contribution in [1.82, 2.24) is 14.5 Å². The van der Waals surface area contributed by atoms with E-state index in [4.69, 9.17) is 4.74 Å². The van der Waals surface area contributed by atoms with E-state index in [0.29, 0.717) is 11.5 Å². The smallest absolute Gasteiger partial charge is 0.337 e. The largest absolute Gasteiger partial charge is 0.465 e. The molecule has 0 spiro atoms. The lowest BCUT2D eigenvalue weighted by Crippen LogP contribution is -2.29. The summed E-state index contributed by atoms with van der Waals surface area (Å²) in [6.07, 6.45) is 6.46. The monoisotopic (exact) mass is 363 g/mol. The first-order valence-electron chi connectivity index (χ1n) is 9.45. The number of nitrogens with zero attached hydrogens (tertiary/aromatic N) is 3. The maximum atomic E-state index is 11.6. The van der Waals surface area contributed by atoms with Gasteiger partial charge in [-0.1, -0.05) is 12.1 Å². The molecule has 0 bridgehead atoms. The number of aromatic nitrogens is 2. The first kappa shape index (κ1) is 17.7. The summed E-state index contributed by atoms with van der Waals surface area (Å²) in [6.45, 7) is 3.04. The van der Waals surface area contributed by atoms with Crippen LogP contribution < -0.4 is 0 Å². The Morgan fingerprint density at radius 2 is 1.89 bits per heavy atom. The van der Waals surface area contributed by atoms with Crippen LogP contribution in [0, 0.1) is 0 Å². The lowest BCUT2D eigenvalue weighted by Gasteiger charge is -2.29. The zero-order valence-electron chi connectivity index (χ0n) is 15.9. The summed E-state index contributed by atoms with van der Waals surface area (Å²) in [5.41, 5.74) is 4.16. The van der Waals surface area contributed by atoms with E-state index in [1.807, 2.05) is 30.5 Å². The molecule has 0 radical (unpaired) electrons. The van der Waals surface area contributed by atoms with Gasteiger partial charge in [0.25, 0.3) is 0 Å². The van der Waals surface area contributed by atoms with E-state index in [9.17, 15) is 4.79 Å². The van der Waals surface area contributed by atoms with Crippen molar-refractivity contribution in [2.45, 2.75) is 25.3 Å². The maximum Gasteiger partial charge on any atom is 0.337 e. The van der Waals surface area contributed by atoms with Gasteiger partial charge in [-0.15, -0.1) is 0 Å². The van der Waals surface area contributed by atoms with Crippen LogP contribution in [0.5, 0.6) is 0 Å². The maximum absolute atomic E-state index is 11.6. The third-order valence-corrected chi connectivity index (χ3v) is 5.58. The average molecular weight is 363 g/mol. The molecule has 0 N–H and O–H groups in total. The van der Waals surface area contributed by atoms with Crippen LogP contribution in [-0.4, -0.2) is 47.7 Å². The highest BCUT2D eigenvalue weighted by molar-refractivity contribution is 5.89. The van der Waals surface area contributed by atoms with Crippen molar-refractivity contribution < 1.29 is 9.53 Å². The second-order valence-electron chi connectivity index (χ2n) is 7.35. The number of esters is 1. The summed E-state index contributed by atoms with van der Waals surface area (Å²) in [5.74, 6) is 0.305. The van der Waals surface area contributed by atoms with Crippen LogP contribution >= 0.6 is 0 Å². The van der Waals surface area contributed by atoms with Crippen LogP contribution in [0.1, 0.15) is 40.2 Å². The van der Waals surface area contributed by atoms with Gasteiger partial charge in [-0.3, -0.25) is 0 Å². The number of hydrogen-bond donors (Lipinski definition) is 0. The molecule has 3 aromatic rings. The lowest BCUT2D eigenvalue weighted by atomic mass is 9.88. The number of ether oxygens (including phenoxy) is 1. The highest BCUT2D eigenvalue weighted by atomic mass is 16.5. The number of carbonyl (C=O) groups is 1. The molecule has 2 aromatic heterocycles. The molecule has 0 unspecified atom stereocenters. The summed E-state index contributed by atoms with van der Waals surface area (Å²) in [4.78, 5) is 18.6. The van der Waals surface area contributed by atoms with Crippen LogP contribution in [0.3, 0.4) is 0 Å². The van der Waals surface area contributed by atoms with Gasteiger partial charge in [0, 0.05) is 24.3 Å². The van der Waals surface area contributed by atoms with Crippen LogP contribution in [0.25, 0.3) is 11.0 Å². The lowest BCUT2D eigenvalue weighted by molar-refractivity contribution is 0.0600. The van der Waals surface area contributed by atoms with E-state index >= 15 is 0 Å². The minimum atomic E-state index is -0.308. The predicted octanol–water partition coefficient (Wildman–Crippen LogP) is 3.68. The molecule has 0 amide bonds. The molecule has 0 saturated carbocycles. The molecule has 3 heterocycles. The Balaban J connectivity index is 1.58. The van der Waals surface area contributed by atoms with Gasteiger partial charge >= 0.3 is 5.97 Å². The second kappa shape index (κ2) is 7.53. The number of rotatable bonds is 4. The standard InChI is InChI=1S/C22H25N3O2/c1-24-12-8-17(9-13-24)19-7-11-23-21-20(19)10-14-25(21)15-16-3-5-18(6-4-16)22(26)27-2/h3-7,10-11,14,17H,8-9,12-13,15H2,1-2H3. The summed E-state index contributed by atoms with van der Waals surface area (Å²) >= 11 is 0. The molecule has 1 aromatic carbocycles. The molecule has 140 valence electrons. The van der Waals surface area contributed by atoms with Gasteiger partial charge in [0.2, 0.25) is 0 Å². The molecule has 0 aliphatic carbocycles. The van der Waals surface area contributed by atoms with Crippen LogP contribution in [-0.2, 0) is 11.3 Å². The molecule has 1 saturated heterocycles. The van der Waals surface area contributed by atoms with Crippen LogP contribution in [0.15, 0.2) is 48.8 Å². The Labute approximate surface area is 159 Å². The van der Waals surface area contributed by atoms with Crippen molar-refractivity contribution in [3.63, 3.8) is 0 Å². The first-order valence-corrected chi connectivity index (χ1v) is 9.45. The minimum Gasteiger partial charge on any atom is -0.465 e.